The zero-order chi connectivity index (χ0) is 16.8. The first-order valence-corrected chi connectivity index (χ1v) is 10.2. The van der Waals surface area contributed by atoms with E-state index in [1.807, 2.05) is 6.08 Å². The summed E-state index contributed by atoms with van der Waals surface area (Å²) in [4.78, 5) is 0. The Balaban J connectivity index is 5.66. The highest BCUT2D eigenvalue weighted by atomic mass is 28.4. The van der Waals surface area contributed by atoms with E-state index in [9.17, 15) is 0 Å². The molecule has 0 aliphatic rings. The van der Waals surface area contributed by atoms with Gasteiger partial charge in [-0.15, -0.1) is 6.42 Å². The molecule has 0 aliphatic heterocycles. The Hall–Kier alpha value is -0.783. The number of hydrogen-bond donors (Lipinski definition) is 0. The van der Waals surface area contributed by atoms with Crippen LogP contribution in [0.5, 0.6) is 0 Å². The summed E-state index contributed by atoms with van der Waals surface area (Å²) in [6.07, 6.45) is 9.22. The lowest BCUT2D eigenvalue weighted by Gasteiger charge is -2.45. The molecule has 21 heavy (non-hydrogen) atoms. The van der Waals surface area contributed by atoms with E-state index in [0.717, 1.165) is 5.57 Å². The van der Waals surface area contributed by atoms with Crippen molar-refractivity contribution in [3.8, 4) is 12.3 Å². The van der Waals surface area contributed by atoms with Gasteiger partial charge in [-0.3, -0.25) is 0 Å². The Morgan fingerprint density at radius 2 is 1.48 bits per heavy atom. The highest BCUT2D eigenvalue weighted by molar-refractivity contribution is 6.77. The predicted octanol–water partition coefficient (Wildman–Crippen LogP) is 5.95. The molecule has 0 saturated carbocycles. The van der Waals surface area contributed by atoms with Crippen LogP contribution in [0.3, 0.4) is 0 Å². The molecule has 0 fully saturated rings. The van der Waals surface area contributed by atoms with Crippen molar-refractivity contribution < 1.29 is 4.43 Å². The van der Waals surface area contributed by atoms with Crippen molar-refractivity contribution in [2.45, 2.75) is 78.1 Å². The van der Waals surface area contributed by atoms with Gasteiger partial charge in [0.1, 0.15) is 0 Å². The number of terminal acetylenes is 1. The van der Waals surface area contributed by atoms with Crippen LogP contribution in [0.25, 0.3) is 0 Å². The molecule has 1 nitrogen and oxygen atoms in total. The first-order chi connectivity index (χ1) is 9.61. The molecule has 2 heteroatoms. The second-order valence-corrected chi connectivity index (χ2v) is 12.5. The maximum absolute atomic E-state index is 6.84. The molecular formula is C19H34OSi. The average molecular weight is 307 g/mol. The normalized spacial score (nSPS) is 15.7. The van der Waals surface area contributed by atoms with Gasteiger partial charge in [0.2, 0.25) is 8.32 Å². The van der Waals surface area contributed by atoms with Crippen molar-refractivity contribution in [1.82, 2.24) is 0 Å². The molecule has 0 amide bonds. The van der Waals surface area contributed by atoms with Crippen molar-refractivity contribution in [1.29, 1.82) is 0 Å². The molecule has 0 aliphatic carbocycles. The summed E-state index contributed by atoms with van der Waals surface area (Å²) in [6, 6.07) is 0. The average Bonchev–Trinajstić information content (AvgIpc) is 2.36. The molecule has 0 aromatic carbocycles. The minimum atomic E-state index is -1.91. The van der Waals surface area contributed by atoms with Crippen molar-refractivity contribution in [2.75, 3.05) is 0 Å². The third-order valence-corrected chi connectivity index (χ3v) is 10.8. The molecule has 0 unspecified atom stereocenters. The van der Waals surface area contributed by atoms with Crippen LogP contribution in [0, 0.1) is 18.3 Å². The first kappa shape index (κ1) is 20.2. The first-order valence-electron chi connectivity index (χ1n) is 8.07. The third-order valence-electron chi connectivity index (χ3n) is 4.70. The highest BCUT2D eigenvalue weighted by Crippen LogP contribution is 2.44. The summed E-state index contributed by atoms with van der Waals surface area (Å²) < 4.78 is 6.84. The third kappa shape index (κ3) is 4.87. The van der Waals surface area contributed by atoms with Gasteiger partial charge in [0, 0.05) is 5.92 Å². The van der Waals surface area contributed by atoms with Crippen molar-refractivity contribution in [2.24, 2.45) is 5.92 Å². The van der Waals surface area contributed by atoms with Gasteiger partial charge in [0.25, 0.3) is 0 Å². The van der Waals surface area contributed by atoms with Gasteiger partial charge in [-0.25, -0.2) is 0 Å². The fourth-order valence-electron chi connectivity index (χ4n) is 3.38. The van der Waals surface area contributed by atoms with Crippen LogP contribution in [0.4, 0.5) is 0 Å². The van der Waals surface area contributed by atoms with Crippen molar-refractivity contribution in [3.05, 3.63) is 24.3 Å². The number of hydrogen-bond acceptors (Lipinski definition) is 1. The maximum atomic E-state index is 6.84. The van der Waals surface area contributed by atoms with E-state index in [1.54, 1.807) is 6.08 Å². The summed E-state index contributed by atoms with van der Waals surface area (Å²) in [5, 5.41) is 0. The topological polar surface area (TPSA) is 9.23 Å². The van der Waals surface area contributed by atoms with Gasteiger partial charge in [-0.1, -0.05) is 66.5 Å². The second-order valence-electron chi connectivity index (χ2n) is 7.06. The minimum absolute atomic E-state index is 0.0254. The van der Waals surface area contributed by atoms with E-state index in [1.165, 1.54) is 0 Å². The van der Waals surface area contributed by atoms with E-state index >= 15 is 0 Å². The fraction of sp³-hybridized carbons (Fsp3) is 0.684. The zero-order valence-electron chi connectivity index (χ0n) is 15.2. The van der Waals surface area contributed by atoms with E-state index in [2.05, 4.69) is 67.9 Å². The zero-order valence-corrected chi connectivity index (χ0v) is 16.2. The van der Waals surface area contributed by atoms with Crippen LogP contribution in [-0.4, -0.2) is 14.4 Å². The molecule has 0 aromatic heterocycles. The van der Waals surface area contributed by atoms with Crippen LogP contribution >= 0.6 is 0 Å². The molecule has 0 rings (SSSR count). The summed E-state index contributed by atoms with van der Waals surface area (Å²) >= 11 is 0. The summed E-state index contributed by atoms with van der Waals surface area (Å²) in [5.41, 5.74) is 2.84. The van der Waals surface area contributed by atoms with Gasteiger partial charge in [-0.05, 0) is 35.7 Å². The molecule has 0 aromatic rings. The highest BCUT2D eigenvalue weighted by Gasteiger charge is 2.46. The van der Waals surface area contributed by atoms with E-state index in [0.29, 0.717) is 16.6 Å². The Morgan fingerprint density at radius 3 is 1.76 bits per heavy atom. The Kier molecular flexibility index (Phi) is 8.29. The SMILES string of the molecule is C#C/C=C/[C@@H](O[Si](C(C)C)(C(C)C)C(C)C)[C@@H](C)C(=C)C. The van der Waals surface area contributed by atoms with Gasteiger partial charge < -0.3 is 4.43 Å². The molecular weight excluding hydrogens is 272 g/mol. The summed E-state index contributed by atoms with van der Waals surface area (Å²) in [7, 11) is -1.91. The molecule has 0 bridgehead atoms. The van der Waals surface area contributed by atoms with E-state index < -0.39 is 8.32 Å². The van der Waals surface area contributed by atoms with E-state index in [-0.39, 0.29) is 12.0 Å². The lowest BCUT2D eigenvalue weighted by Crippen LogP contribution is -2.51. The maximum Gasteiger partial charge on any atom is 0.201 e. The van der Waals surface area contributed by atoms with Crippen LogP contribution in [0.15, 0.2) is 24.3 Å². The molecule has 2 atom stereocenters. The van der Waals surface area contributed by atoms with Crippen LogP contribution in [0.2, 0.25) is 16.6 Å². The Labute approximate surface area is 134 Å². The quantitative estimate of drug-likeness (QED) is 0.306. The smallest absolute Gasteiger partial charge is 0.201 e. The largest absolute Gasteiger partial charge is 0.409 e. The van der Waals surface area contributed by atoms with Gasteiger partial charge in [0.05, 0.1) is 6.10 Å². The molecule has 0 saturated heterocycles. The van der Waals surface area contributed by atoms with Gasteiger partial charge in [-0.2, -0.15) is 0 Å². The van der Waals surface area contributed by atoms with Crippen LogP contribution in [0.1, 0.15) is 55.4 Å². The fourth-order valence-corrected chi connectivity index (χ4v) is 8.95. The van der Waals surface area contributed by atoms with Crippen LogP contribution in [-0.2, 0) is 4.43 Å². The Bertz CT molecular complexity index is 377. The lowest BCUT2D eigenvalue weighted by molar-refractivity contribution is 0.178. The lowest BCUT2D eigenvalue weighted by atomic mass is 9.97. The molecule has 0 N–H and O–H groups in total. The molecule has 120 valence electrons. The molecule has 0 spiro atoms. The summed E-state index contributed by atoms with van der Waals surface area (Å²) in [5.74, 6) is 2.87. The van der Waals surface area contributed by atoms with Crippen molar-refractivity contribution in [3.63, 3.8) is 0 Å². The molecule has 0 radical (unpaired) electrons. The van der Waals surface area contributed by atoms with Crippen molar-refractivity contribution >= 4 is 8.32 Å². The van der Waals surface area contributed by atoms with Gasteiger partial charge in [0.15, 0.2) is 0 Å². The standard InChI is InChI=1S/C19H34OSi/c1-11-12-13-19(18(10)14(2)3)20-21(15(4)5,16(6)7)17(8)9/h1,12-13,15-19H,2H2,3-10H3/b13-12+/t18-,19+/m0/s1. The Morgan fingerprint density at radius 1 is 1.05 bits per heavy atom. The number of rotatable bonds is 8. The van der Waals surface area contributed by atoms with Crippen LogP contribution < -0.4 is 0 Å². The monoisotopic (exact) mass is 306 g/mol. The van der Waals surface area contributed by atoms with E-state index in [4.69, 9.17) is 10.8 Å². The molecule has 0 heterocycles. The summed E-state index contributed by atoms with van der Waals surface area (Å²) in [6.45, 7) is 22.2. The second kappa shape index (κ2) is 8.61. The minimum Gasteiger partial charge on any atom is -0.409 e. The predicted molar refractivity (Wildman–Crippen MR) is 97.9 cm³/mol. The van der Waals surface area contributed by atoms with Gasteiger partial charge >= 0.3 is 0 Å². The number of allylic oxidation sites excluding steroid dienone is 1.